The van der Waals surface area contributed by atoms with E-state index in [1.807, 2.05) is 17.2 Å². The molecule has 1 aromatic carbocycles. The van der Waals surface area contributed by atoms with Gasteiger partial charge in [-0.25, -0.2) is 4.98 Å². The van der Waals surface area contributed by atoms with Gasteiger partial charge in [-0.2, -0.15) is 4.98 Å². The van der Waals surface area contributed by atoms with E-state index in [0.717, 1.165) is 74.1 Å². The highest BCUT2D eigenvalue weighted by Gasteiger charge is 2.25. The number of nitrogens with zero attached hydrogens (tertiary/aromatic N) is 5. The Balaban J connectivity index is 1.04. The average molecular weight is 870 g/mol. The van der Waals surface area contributed by atoms with Crippen molar-refractivity contribution in [3.05, 3.63) is 47.2 Å². The van der Waals surface area contributed by atoms with Crippen LogP contribution in [0.1, 0.15) is 75.0 Å². The number of aromatic nitrogens is 3. The normalized spacial score (nSPS) is 14.2. The topological polar surface area (TPSA) is 258 Å². The number of benzene rings is 1. The van der Waals surface area contributed by atoms with E-state index >= 15 is 0 Å². The predicted molar refractivity (Wildman–Crippen MR) is 234 cm³/mol. The van der Waals surface area contributed by atoms with Crippen LogP contribution in [-0.4, -0.2) is 147 Å². The average Bonchev–Trinajstić information content (AvgIpc) is 3.63. The van der Waals surface area contributed by atoms with Crippen LogP contribution in [0.4, 0.5) is 11.8 Å². The van der Waals surface area contributed by atoms with Gasteiger partial charge in [0.15, 0.2) is 5.82 Å². The Labute approximate surface area is 361 Å². The third-order valence-electron chi connectivity index (χ3n) is 10.3. The van der Waals surface area contributed by atoms with Gasteiger partial charge >= 0.3 is 11.9 Å². The number of amides is 2. The number of piperazine rings is 1. The molecule has 0 saturated carbocycles. The van der Waals surface area contributed by atoms with E-state index < -0.39 is 29.1 Å². The lowest BCUT2D eigenvalue weighted by atomic mass is 10.0. The molecule has 2 amide bonds. The summed E-state index contributed by atoms with van der Waals surface area (Å²) in [6.07, 6.45) is 6.21. The van der Waals surface area contributed by atoms with Gasteiger partial charge in [0.25, 0.3) is 0 Å². The summed E-state index contributed by atoms with van der Waals surface area (Å²) in [7, 11) is 0. The lowest BCUT2D eigenvalue weighted by molar-refractivity contribution is -0.139. The number of aliphatic carboxylic acids is 2. The maximum atomic E-state index is 12.8. The molecule has 3 heterocycles. The third kappa shape index (κ3) is 16.9. The molecule has 0 aliphatic carbocycles. The molecule has 0 radical (unpaired) electrons. The van der Waals surface area contributed by atoms with Crippen LogP contribution in [0, 0.1) is 6.92 Å². The van der Waals surface area contributed by atoms with E-state index in [0.29, 0.717) is 58.9 Å². The Bertz CT molecular complexity index is 1900. The molecule has 2 atom stereocenters. The highest BCUT2D eigenvalue weighted by molar-refractivity contribution is 8.00. The van der Waals surface area contributed by atoms with E-state index in [-0.39, 0.29) is 49.2 Å². The quantitative estimate of drug-likeness (QED) is 0.0549. The van der Waals surface area contributed by atoms with Crippen molar-refractivity contribution in [1.29, 1.82) is 0 Å². The van der Waals surface area contributed by atoms with Crippen molar-refractivity contribution in [3.63, 3.8) is 0 Å². The number of unbranched alkanes of at least 4 members (excludes halogenated alkanes) is 2. The van der Waals surface area contributed by atoms with Gasteiger partial charge in [0.1, 0.15) is 22.6 Å². The van der Waals surface area contributed by atoms with Crippen LogP contribution >= 0.6 is 11.8 Å². The molecule has 8 N–H and O–H groups in total. The van der Waals surface area contributed by atoms with E-state index in [1.165, 1.54) is 16.7 Å². The van der Waals surface area contributed by atoms with Crippen molar-refractivity contribution in [2.45, 2.75) is 89.6 Å². The molecular weight excluding hydrogens is 807 g/mol. The number of hydrogen-bond acceptors (Lipinski definition) is 14. The first-order valence-electron chi connectivity index (χ1n) is 21.1. The second-order valence-electron chi connectivity index (χ2n) is 15.2. The molecule has 336 valence electrons. The Morgan fingerprint density at radius 1 is 0.885 bits per heavy atom. The lowest BCUT2D eigenvalue weighted by Crippen LogP contribution is -2.48. The van der Waals surface area contributed by atoms with Crippen LogP contribution in [-0.2, 0) is 46.5 Å². The van der Waals surface area contributed by atoms with Crippen molar-refractivity contribution in [1.82, 2.24) is 29.7 Å². The zero-order valence-electron chi connectivity index (χ0n) is 35.4. The Kier molecular flexibility index (Phi) is 20.7. The number of anilines is 2. The van der Waals surface area contributed by atoms with Gasteiger partial charge in [-0.05, 0) is 42.5 Å². The predicted octanol–water partition coefficient (Wildman–Crippen LogP) is 2.88. The molecule has 4 rings (SSSR count). The zero-order chi connectivity index (χ0) is 44.1. The number of fused-ring (bicyclic) bond motifs is 1. The standard InChI is InChI=1S/C42H63N9O9S/c1-3-4-5-13-46-39-38-34(47-42(44)48-39)11-15-51(38)27-31-9-8-30(24-29(31)2)26-49-16-18-50(19-17-49)37(54)12-21-60-23-22-59-20-6-7-32(52)10-14-45-36(53)25-35(41(57)58)61-28-33(43)40(55)56/h8-9,11,15,24,33,35H,3-7,10,12-14,16-23,25-28,43H2,1-2H3,(H,45,53)(H,55,56)(H,57,58)(H3,44,46,47,48)/t33-,35+/m0/s1. The largest absolute Gasteiger partial charge is 0.480 e. The number of rotatable bonds is 29. The molecular formula is C42H63N9O9S. The molecule has 18 nitrogen and oxygen atoms in total. The summed E-state index contributed by atoms with van der Waals surface area (Å²) in [5.74, 6) is -2.16. The van der Waals surface area contributed by atoms with Crippen LogP contribution < -0.4 is 22.1 Å². The summed E-state index contributed by atoms with van der Waals surface area (Å²) in [5.41, 5.74) is 16.9. The second-order valence-corrected chi connectivity index (χ2v) is 16.4. The molecule has 0 unspecified atom stereocenters. The van der Waals surface area contributed by atoms with Gasteiger partial charge in [-0.3, -0.25) is 28.9 Å². The Hall–Kier alpha value is -4.82. The number of thioether (sulfide) groups is 1. The van der Waals surface area contributed by atoms with E-state index in [1.54, 1.807) is 0 Å². The number of ketones is 1. The fourth-order valence-electron chi connectivity index (χ4n) is 6.82. The summed E-state index contributed by atoms with van der Waals surface area (Å²) in [4.78, 5) is 72.6. The van der Waals surface area contributed by atoms with E-state index in [2.05, 4.69) is 62.1 Å². The highest BCUT2D eigenvalue weighted by atomic mass is 32.2. The Morgan fingerprint density at radius 3 is 2.34 bits per heavy atom. The van der Waals surface area contributed by atoms with Crippen LogP contribution in [0.5, 0.6) is 0 Å². The smallest absolute Gasteiger partial charge is 0.321 e. The maximum Gasteiger partial charge on any atom is 0.321 e. The van der Waals surface area contributed by atoms with Crippen molar-refractivity contribution in [2.24, 2.45) is 5.73 Å². The zero-order valence-corrected chi connectivity index (χ0v) is 36.3. The molecule has 2 aromatic heterocycles. The molecule has 0 spiro atoms. The summed E-state index contributed by atoms with van der Waals surface area (Å²) < 4.78 is 13.3. The lowest BCUT2D eigenvalue weighted by Gasteiger charge is -2.35. The van der Waals surface area contributed by atoms with Gasteiger partial charge < -0.3 is 51.3 Å². The SMILES string of the molecule is CCCCCNc1nc(N)nc2ccn(Cc3ccc(CN4CCN(C(=O)CCOCCOCCCC(=O)CCNC(=O)C[C@@H](SC[C@H](N)C(=O)O)C(=O)O)CC4)cc3C)c12. The van der Waals surface area contributed by atoms with E-state index in [9.17, 15) is 29.1 Å². The fourth-order valence-corrected chi connectivity index (χ4v) is 7.81. The number of hydrogen-bond donors (Lipinski definition) is 6. The van der Waals surface area contributed by atoms with E-state index in [4.69, 9.17) is 26.0 Å². The minimum atomic E-state index is -1.25. The fraction of sp³-hybridized carbons (Fsp3) is 0.595. The third-order valence-corrected chi connectivity index (χ3v) is 11.6. The van der Waals surface area contributed by atoms with Gasteiger partial charge in [0.05, 0.1) is 31.8 Å². The summed E-state index contributed by atoms with van der Waals surface area (Å²) in [5, 5.41) is 23.0. The molecule has 1 fully saturated rings. The first-order chi connectivity index (χ1) is 29.3. The number of aryl methyl sites for hydroxylation is 1. The molecule has 1 aliphatic rings. The number of carboxylic acid groups (broad SMARTS) is 2. The van der Waals surface area contributed by atoms with Crippen molar-refractivity contribution in [3.8, 4) is 0 Å². The molecule has 3 aromatic rings. The van der Waals surface area contributed by atoms with Crippen LogP contribution in [0.25, 0.3) is 11.0 Å². The molecule has 1 aliphatic heterocycles. The minimum Gasteiger partial charge on any atom is -0.480 e. The number of nitrogens with two attached hydrogens (primary N) is 2. The number of carboxylic acids is 2. The molecule has 0 bridgehead atoms. The molecule has 19 heteroatoms. The van der Waals surface area contributed by atoms with Crippen LogP contribution in [0.15, 0.2) is 30.5 Å². The first kappa shape index (κ1) is 48.8. The molecule has 61 heavy (non-hydrogen) atoms. The van der Waals surface area contributed by atoms with Gasteiger partial charge in [-0.15, -0.1) is 11.8 Å². The second kappa shape index (κ2) is 25.8. The monoisotopic (exact) mass is 869 g/mol. The number of carbonyl (C=O) groups is 5. The van der Waals surface area contributed by atoms with Gasteiger partial charge in [0.2, 0.25) is 17.8 Å². The van der Waals surface area contributed by atoms with Crippen molar-refractivity contribution in [2.75, 3.05) is 82.5 Å². The van der Waals surface area contributed by atoms with Crippen molar-refractivity contribution < 1.29 is 43.7 Å². The summed E-state index contributed by atoms with van der Waals surface area (Å²) >= 11 is 0.786. The van der Waals surface area contributed by atoms with Gasteiger partial charge in [0, 0.05) is 90.2 Å². The number of nitrogens with one attached hydrogen (secondary N) is 2. The van der Waals surface area contributed by atoms with Gasteiger partial charge in [-0.1, -0.05) is 38.0 Å². The van der Waals surface area contributed by atoms with Crippen LogP contribution in [0.2, 0.25) is 0 Å². The minimum absolute atomic E-state index is 0.0680. The number of Topliss-reactive ketones (excluding diaryl/α,β-unsaturated/α-hetero) is 1. The highest BCUT2D eigenvalue weighted by Crippen LogP contribution is 2.25. The van der Waals surface area contributed by atoms with Crippen LogP contribution in [0.3, 0.4) is 0 Å². The maximum absolute atomic E-state index is 12.8. The number of carbonyl (C=O) groups excluding carboxylic acids is 3. The number of nitrogen functional groups attached to an aromatic ring is 1. The summed E-state index contributed by atoms with van der Waals surface area (Å²) in [6.45, 7) is 11.0. The number of ether oxygens (including phenoxy) is 2. The first-order valence-corrected chi connectivity index (χ1v) is 22.1. The van der Waals surface area contributed by atoms with Crippen molar-refractivity contribution >= 4 is 64.1 Å². The molecule has 1 saturated heterocycles. The summed E-state index contributed by atoms with van der Waals surface area (Å²) in [6, 6.07) is 7.39. The Morgan fingerprint density at radius 2 is 1.64 bits per heavy atom.